The Kier molecular flexibility index (Phi) is 5.74. The van der Waals surface area contributed by atoms with Crippen LogP contribution in [0, 0.1) is 0 Å². The highest BCUT2D eigenvalue weighted by Crippen LogP contribution is 2.24. The molecule has 0 heterocycles. The van der Waals surface area contributed by atoms with Gasteiger partial charge in [-0.05, 0) is 38.1 Å². The van der Waals surface area contributed by atoms with Crippen LogP contribution in [-0.2, 0) is 4.79 Å². The Labute approximate surface area is 135 Å². The molecule has 0 saturated heterocycles. The summed E-state index contributed by atoms with van der Waals surface area (Å²) >= 11 is 0. The van der Waals surface area contributed by atoms with Gasteiger partial charge in [0.05, 0.1) is 17.9 Å². The van der Waals surface area contributed by atoms with Crippen molar-refractivity contribution in [2.75, 3.05) is 18.5 Å². The van der Waals surface area contributed by atoms with Crippen LogP contribution in [0.3, 0.4) is 0 Å². The van der Waals surface area contributed by atoms with Crippen LogP contribution >= 0.6 is 0 Å². The number of ether oxygens (including phenoxy) is 2. The highest BCUT2D eigenvalue weighted by molar-refractivity contribution is 5.97. The molecular weight excluding hydrogens is 294 g/mol. The van der Waals surface area contributed by atoms with Crippen molar-refractivity contribution in [1.82, 2.24) is 0 Å². The molecule has 5 heteroatoms. The average molecular weight is 313 g/mol. The molecule has 5 nitrogen and oxygen atoms in total. The Morgan fingerprint density at radius 3 is 2.30 bits per heavy atom. The van der Waals surface area contributed by atoms with Gasteiger partial charge in [0.2, 0.25) is 0 Å². The molecule has 0 spiro atoms. The summed E-state index contributed by atoms with van der Waals surface area (Å²) in [5, 5.41) is 2.74. The first-order chi connectivity index (χ1) is 11.1. The monoisotopic (exact) mass is 313 g/mol. The summed E-state index contributed by atoms with van der Waals surface area (Å²) in [6.07, 6.45) is 0. The van der Waals surface area contributed by atoms with Crippen molar-refractivity contribution in [3.8, 4) is 11.5 Å². The number of Topliss-reactive ketones (excluding diaryl/α,β-unsaturated/α-hetero) is 1. The number of anilines is 1. The molecule has 1 N–H and O–H groups in total. The molecule has 2 aromatic rings. The third-order valence-corrected chi connectivity index (χ3v) is 3.09. The first-order valence-corrected chi connectivity index (χ1v) is 7.36. The molecule has 0 fully saturated rings. The highest BCUT2D eigenvalue weighted by atomic mass is 16.5. The summed E-state index contributed by atoms with van der Waals surface area (Å²) in [5.74, 6) is 0.568. The van der Waals surface area contributed by atoms with Crippen LogP contribution in [0.2, 0.25) is 0 Å². The molecule has 0 bridgehead atoms. The number of carbonyl (C=O) groups excluding carboxylic acids is 2. The minimum atomic E-state index is -0.324. The topological polar surface area (TPSA) is 64.6 Å². The Bertz CT molecular complexity index is 697. The maximum Gasteiger partial charge on any atom is 0.262 e. The van der Waals surface area contributed by atoms with Gasteiger partial charge in [-0.15, -0.1) is 0 Å². The lowest BCUT2D eigenvalue weighted by Gasteiger charge is -2.12. The van der Waals surface area contributed by atoms with Gasteiger partial charge in [-0.25, -0.2) is 0 Å². The van der Waals surface area contributed by atoms with Gasteiger partial charge in [0.1, 0.15) is 11.5 Å². The van der Waals surface area contributed by atoms with E-state index >= 15 is 0 Å². The highest BCUT2D eigenvalue weighted by Gasteiger charge is 2.11. The minimum absolute atomic E-state index is 0.109. The molecule has 0 atom stereocenters. The maximum absolute atomic E-state index is 12.0. The van der Waals surface area contributed by atoms with Crippen LogP contribution in [0.25, 0.3) is 0 Å². The van der Waals surface area contributed by atoms with E-state index in [0.29, 0.717) is 29.4 Å². The van der Waals surface area contributed by atoms with Gasteiger partial charge >= 0.3 is 0 Å². The molecule has 0 aliphatic heterocycles. The van der Waals surface area contributed by atoms with Crippen molar-refractivity contribution in [2.45, 2.75) is 13.8 Å². The van der Waals surface area contributed by atoms with Gasteiger partial charge in [0.25, 0.3) is 5.91 Å². The van der Waals surface area contributed by atoms with Crippen molar-refractivity contribution in [1.29, 1.82) is 0 Å². The molecule has 0 radical (unpaired) electrons. The van der Waals surface area contributed by atoms with Crippen LogP contribution in [0.15, 0.2) is 48.5 Å². The first kappa shape index (κ1) is 16.5. The van der Waals surface area contributed by atoms with Crippen molar-refractivity contribution in [3.63, 3.8) is 0 Å². The van der Waals surface area contributed by atoms with Crippen molar-refractivity contribution in [3.05, 3.63) is 54.1 Å². The predicted molar refractivity (Wildman–Crippen MR) is 88.2 cm³/mol. The Morgan fingerprint density at radius 2 is 1.61 bits per heavy atom. The van der Waals surface area contributed by atoms with Gasteiger partial charge in [-0.3, -0.25) is 9.59 Å². The fraction of sp³-hybridized carbons (Fsp3) is 0.222. The Morgan fingerprint density at radius 1 is 0.957 bits per heavy atom. The number of para-hydroxylation sites is 3. The van der Waals surface area contributed by atoms with Crippen LogP contribution in [-0.4, -0.2) is 24.9 Å². The predicted octanol–water partition coefficient (Wildman–Crippen LogP) is 3.31. The number of rotatable bonds is 7. The zero-order chi connectivity index (χ0) is 16.7. The molecule has 120 valence electrons. The molecule has 1 amide bonds. The number of nitrogens with one attached hydrogen (secondary N) is 1. The number of hydrogen-bond acceptors (Lipinski definition) is 4. The van der Waals surface area contributed by atoms with Gasteiger partial charge < -0.3 is 14.8 Å². The fourth-order valence-electron chi connectivity index (χ4n) is 2.06. The minimum Gasteiger partial charge on any atom is -0.492 e. The van der Waals surface area contributed by atoms with E-state index < -0.39 is 0 Å². The molecule has 2 rings (SSSR count). The van der Waals surface area contributed by atoms with E-state index in [2.05, 4.69) is 5.32 Å². The van der Waals surface area contributed by atoms with Crippen LogP contribution in [0.1, 0.15) is 24.2 Å². The second kappa shape index (κ2) is 7.98. The van der Waals surface area contributed by atoms with E-state index in [1.54, 1.807) is 36.4 Å². The van der Waals surface area contributed by atoms with Gasteiger partial charge in [-0.2, -0.15) is 0 Å². The Balaban J connectivity index is 2.00. The summed E-state index contributed by atoms with van der Waals surface area (Å²) in [7, 11) is 0. The van der Waals surface area contributed by atoms with E-state index in [0.717, 1.165) is 0 Å². The summed E-state index contributed by atoms with van der Waals surface area (Å²) in [5.41, 5.74) is 1.04. The fourth-order valence-corrected chi connectivity index (χ4v) is 2.06. The van der Waals surface area contributed by atoms with Gasteiger partial charge in [0.15, 0.2) is 12.4 Å². The van der Waals surface area contributed by atoms with Gasteiger partial charge in [-0.1, -0.05) is 24.3 Å². The van der Waals surface area contributed by atoms with E-state index in [-0.39, 0.29) is 18.3 Å². The SMILES string of the molecule is CCOc1ccccc1NC(=O)COc1ccccc1C(C)=O. The smallest absolute Gasteiger partial charge is 0.262 e. The average Bonchev–Trinajstić information content (AvgIpc) is 2.55. The van der Waals surface area contributed by atoms with Crippen LogP contribution in [0.4, 0.5) is 5.69 Å². The number of carbonyl (C=O) groups is 2. The summed E-state index contributed by atoms with van der Waals surface area (Å²) in [6, 6.07) is 14.0. The lowest BCUT2D eigenvalue weighted by atomic mass is 10.1. The van der Waals surface area contributed by atoms with Crippen molar-refractivity contribution in [2.24, 2.45) is 0 Å². The van der Waals surface area contributed by atoms with E-state index in [1.165, 1.54) is 6.92 Å². The molecule has 23 heavy (non-hydrogen) atoms. The third-order valence-electron chi connectivity index (χ3n) is 3.09. The van der Waals surface area contributed by atoms with Crippen LogP contribution in [0.5, 0.6) is 11.5 Å². The lowest BCUT2D eigenvalue weighted by molar-refractivity contribution is -0.118. The van der Waals surface area contributed by atoms with E-state index in [9.17, 15) is 9.59 Å². The second-order valence-electron chi connectivity index (χ2n) is 4.82. The summed E-state index contributed by atoms with van der Waals surface area (Å²) in [4.78, 5) is 23.6. The molecule has 0 saturated carbocycles. The van der Waals surface area contributed by atoms with Crippen LogP contribution < -0.4 is 14.8 Å². The van der Waals surface area contributed by atoms with Crippen molar-refractivity contribution >= 4 is 17.4 Å². The number of hydrogen-bond donors (Lipinski definition) is 1. The summed E-state index contributed by atoms with van der Waals surface area (Å²) in [6.45, 7) is 3.65. The normalized spacial score (nSPS) is 10.0. The summed E-state index contributed by atoms with van der Waals surface area (Å²) < 4.78 is 10.9. The Hall–Kier alpha value is -2.82. The zero-order valence-corrected chi connectivity index (χ0v) is 13.2. The maximum atomic E-state index is 12.0. The molecule has 0 unspecified atom stereocenters. The van der Waals surface area contributed by atoms with Crippen molar-refractivity contribution < 1.29 is 19.1 Å². The number of ketones is 1. The largest absolute Gasteiger partial charge is 0.492 e. The number of amides is 1. The standard InChI is InChI=1S/C18H19NO4/c1-3-22-17-11-7-5-9-15(17)19-18(21)12-23-16-10-6-4-8-14(16)13(2)20/h4-11H,3,12H2,1-2H3,(H,19,21). The molecule has 0 aliphatic rings. The van der Waals surface area contributed by atoms with Gasteiger partial charge in [0, 0.05) is 0 Å². The zero-order valence-electron chi connectivity index (χ0n) is 13.2. The first-order valence-electron chi connectivity index (χ1n) is 7.36. The third kappa shape index (κ3) is 4.57. The quantitative estimate of drug-likeness (QED) is 0.797. The molecular formula is C18H19NO4. The van der Waals surface area contributed by atoms with E-state index in [4.69, 9.17) is 9.47 Å². The molecule has 0 aliphatic carbocycles. The lowest BCUT2D eigenvalue weighted by Crippen LogP contribution is -2.21. The van der Waals surface area contributed by atoms with E-state index in [1.807, 2.05) is 19.1 Å². The molecule has 0 aromatic heterocycles. The molecule has 2 aromatic carbocycles. The second-order valence-corrected chi connectivity index (χ2v) is 4.82. The number of benzene rings is 2.